The first-order chi connectivity index (χ1) is 15.9. The first-order valence-corrected chi connectivity index (χ1v) is 11.3. The molecule has 0 bridgehead atoms. The van der Waals surface area contributed by atoms with Crippen LogP contribution in [0.1, 0.15) is 37.3 Å². The van der Waals surface area contributed by atoms with Crippen molar-refractivity contribution in [2.45, 2.75) is 53.2 Å². The number of fused-ring (bicyclic) bond motifs is 2. The van der Waals surface area contributed by atoms with Gasteiger partial charge in [-0.15, -0.1) is 0 Å². The molecule has 0 atom stereocenters. The SMILES string of the molecule is Cc1cnc(-c2nn(CC(C)C)c3c2CN(C(=O)CCn2c(=O)oc4ccccc42)CC3)o1. The first kappa shape index (κ1) is 21.2. The van der Waals surface area contributed by atoms with Crippen LogP contribution in [-0.2, 0) is 30.8 Å². The van der Waals surface area contributed by atoms with E-state index in [0.717, 1.165) is 30.0 Å². The summed E-state index contributed by atoms with van der Waals surface area (Å²) in [6.45, 7) is 8.30. The molecular weight excluding hydrogens is 422 g/mol. The summed E-state index contributed by atoms with van der Waals surface area (Å²) in [5, 5.41) is 4.81. The lowest BCUT2D eigenvalue weighted by molar-refractivity contribution is -0.132. The molecule has 9 heteroatoms. The summed E-state index contributed by atoms with van der Waals surface area (Å²) < 4.78 is 14.6. The van der Waals surface area contributed by atoms with Crippen LogP contribution in [0.5, 0.6) is 0 Å². The van der Waals surface area contributed by atoms with Crippen molar-refractivity contribution in [3.63, 3.8) is 0 Å². The van der Waals surface area contributed by atoms with E-state index in [1.54, 1.807) is 12.3 Å². The summed E-state index contributed by atoms with van der Waals surface area (Å²) in [6.07, 6.45) is 2.61. The van der Waals surface area contributed by atoms with Crippen molar-refractivity contribution in [3.8, 4) is 11.6 Å². The number of amides is 1. The Hall–Kier alpha value is -3.62. The molecule has 1 aliphatic rings. The Morgan fingerprint density at radius 3 is 2.79 bits per heavy atom. The number of aryl methyl sites for hydroxylation is 2. The Labute approximate surface area is 190 Å². The Kier molecular flexibility index (Phi) is 5.39. The van der Waals surface area contributed by atoms with Crippen LogP contribution in [-0.4, -0.2) is 36.7 Å². The predicted octanol–water partition coefficient (Wildman–Crippen LogP) is 3.39. The molecule has 5 rings (SSSR count). The number of hydrogen-bond acceptors (Lipinski definition) is 6. The van der Waals surface area contributed by atoms with E-state index in [4.69, 9.17) is 13.9 Å². The number of aromatic nitrogens is 4. The number of hydrogen-bond donors (Lipinski definition) is 0. The third kappa shape index (κ3) is 3.99. The van der Waals surface area contributed by atoms with Gasteiger partial charge in [0, 0.05) is 50.3 Å². The van der Waals surface area contributed by atoms with Gasteiger partial charge in [0.2, 0.25) is 11.8 Å². The Balaban J connectivity index is 1.37. The Morgan fingerprint density at radius 1 is 1.21 bits per heavy atom. The van der Waals surface area contributed by atoms with Gasteiger partial charge in [0.1, 0.15) is 5.76 Å². The van der Waals surface area contributed by atoms with Crippen LogP contribution in [0.3, 0.4) is 0 Å². The van der Waals surface area contributed by atoms with Crippen LogP contribution in [0.25, 0.3) is 22.7 Å². The van der Waals surface area contributed by atoms with Gasteiger partial charge in [-0.2, -0.15) is 5.10 Å². The Morgan fingerprint density at radius 2 is 2.03 bits per heavy atom. The summed E-state index contributed by atoms with van der Waals surface area (Å²) in [7, 11) is 0. The van der Waals surface area contributed by atoms with E-state index in [1.165, 1.54) is 4.57 Å². The standard InChI is InChI=1S/C24H27N5O4/c1-15(2)13-29-18-8-10-27(14-17(18)22(26-29)23-25-12-16(3)32-23)21(30)9-11-28-19-6-4-5-7-20(19)33-24(28)31/h4-7,12,15H,8-11,13-14H2,1-3H3. The van der Waals surface area contributed by atoms with E-state index in [0.29, 0.717) is 41.7 Å². The van der Waals surface area contributed by atoms with Crippen LogP contribution in [0.2, 0.25) is 0 Å². The highest BCUT2D eigenvalue weighted by atomic mass is 16.4. The maximum absolute atomic E-state index is 13.1. The third-order valence-corrected chi connectivity index (χ3v) is 5.97. The van der Waals surface area contributed by atoms with Gasteiger partial charge in [-0.25, -0.2) is 9.78 Å². The second-order valence-electron chi connectivity index (χ2n) is 8.93. The minimum Gasteiger partial charge on any atom is -0.440 e. The maximum Gasteiger partial charge on any atom is 0.419 e. The average Bonchev–Trinajstić information content (AvgIpc) is 3.46. The fraction of sp³-hybridized carbons (Fsp3) is 0.417. The smallest absolute Gasteiger partial charge is 0.419 e. The highest BCUT2D eigenvalue weighted by Gasteiger charge is 2.30. The summed E-state index contributed by atoms with van der Waals surface area (Å²) in [5.41, 5.74) is 4.06. The normalized spacial score (nSPS) is 13.8. The number of oxazole rings is 2. The molecule has 3 aromatic heterocycles. The molecule has 1 aromatic carbocycles. The highest BCUT2D eigenvalue weighted by molar-refractivity contribution is 5.77. The summed E-state index contributed by atoms with van der Waals surface area (Å²) >= 11 is 0. The number of rotatable bonds is 6. The summed E-state index contributed by atoms with van der Waals surface area (Å²) in [5.74, 6) is 1.19. The molecule has 1 aliphatic heterocycles. The van der Waals surface area contributed by atoms with Crippen molar-refractivity contribution in [2.75, 3.05) is 6.54 Å². The van der Waals surface area contributed by atoms with Crippen LogP contribution < -0.4 is 5.76 Å². The summed E-state index contributed by atoms with van der Waals surface area (Å²) in [6, 6.07) is 7.24. The van der Waals surface area contributed by atoms with E-state index in [-0.39, 0.29) is 18.9 Å². The monoisotopic (exact) mass is 449 g/mol. The molecule has 0 unspecified atom stereocenters. The molecular formula is C24H27N5O4. The zero-order chi connectivity index (χ0) is 23.1. The van der Waals surface area contributed by atoms with Crippen molar-refractivity contribution in [1.82, 2.24) is 24.2 Å². The fourth-order valence-electron chi connectivity index (χ4n) is 4.43. The van der Waals surface area contributed by atoms with E-state index in [9.17, 15) is 9.59 Å². The van der Waals surface area contributed by atoms with Crippen molar-refractivity contribution < 1.29 is 13.6 Å². The lowest BCUT2D eigenvalue weighted by Gasteiger charge is -2.28. The van der Waals surface area contributed by atoms with Crippen molar-refractivity contribution >= 4 is 17.0 Å². The maximum atomic E-state index is 13.1. The summed E-state index contributed by atoms with van der Waals surface area (Å²) in [4.78, 5) is 31.5. The molecule has 172 valence electrons. The van der Waals surface area contributed by atoms with Gasteiger partial charge in [-0.3, -0.25) is 14.0 Å². The van der Waals surface area contributed by atoms with Gasteiger partial charge in [-0.1, -0.05) is 26.0 Å². The zero-order valence-electron chi connectivity index (χ0n) is 19.1. The minimum absolute atomic E-state index is 0.0102. The van der Waals surface area contributed by atoms with E-state index in [1.807, 2.05) is 34.7 Å². The average molecular weight is 450 g/mol. The van der Waals surface area contributed by atoms with Crippen LogP contribution in [0, 0.1) is 12.8 Å². The van der Waals surface area contributed by atoms with E-state index in [2.05, 4.69) is 18.8 Å². The molecule has 4 heterocycles. The van der Waals surface area contributed by atoms with Gasteiger partial charge in [0.15, 0.2) is 11.3 Å². The van der Waals surface area contributed by atoms with Gasteiger partial charge in [0.25, 0.3) is 0 Å². The van der Waals surface area contributed by atoms with Crippen molar-refractivity contribution in [2.24, 2.45) is 5.92 Å². The molecule has 9 nitrogen and oxygen atoms in total. The third-order valence-electron chi connectivity index (χ3n) is 5.97. The molecule has 0 saturated heterocycles. The lowest BCUT2D eigenvalue weighted by atomic mass is 10.0. The highest BCUT2D eigenvalue weighted by Crippen LogP contribution is 2.30. The fourth-order valence-corrected chi connectivity index (χ4v) is 4.43. The topological polar surface area (TPSA) is 99.3 Å². The van der Waals surface area contributed by atoms with Gasteiger partial charge in [-0.05, 0) is 25.0 Å². The van der Waals surface area contributed by atoms with Crippen LogP contribution in [0.15, 0.2) is 44.1 Å². The van der Waals surface area contributed by atoms with Crippen molar-refractivity contribution in [1.29, 1.82) is 0 Å². The lowest BCUT2D eigenvalue weighted by Crippen LogP contribution is -2.37. The molecule has 0 N–H and O–H groups in total. The molecule has 0 spiro atoms. The number of carbonyl (C=O) groups excluding carboxylic acids is 1. The van der Waals surface area contributed by atoms with Crippen LogP contribution in [0.4, 0.5) is 0 Å². The number of para-hydroxylation sites is 2. The predicted molar refractivity (Wildman–Crippen MR) is 122 cm³/mol. The number of benzene rings is 1. The minimum atomic E-state index is -0.443. The molecule has 1 amide bonds. The number of nitrogens with zero attached hydrogens (tertiary/aromatic N) is 5. The van der Waals surface area contributed by atoms with Gasteiger partial charge >= 0.3 is 5.76 Å². The number of carbonyl (C=O) groups is 1. The van der Waals surface area contributed by atoms with Crippen LogP contribution >= 0.6 is 0 Å². The first-order valence-electron chi connectivity index (χ1n) is 11.3. The molecule has 0 radical (unpaired) electrons. The van der Waals surface area contributed by atoms with Gasteiger partial charge < -0.3 is 13.7 Å². The molecule has 0 fully saturated rings. The second-order valence-corrected chi connectivity index (χ2v) is 8.93. The zero-order valence-corrected chi connectivity index (χ0v) is 19.1. The largest absolute Gasteiger partial charge is 0.440 e. The van der Waals surface area contributed by atoms with Crippen molar-refractivity contribution in [3.05, 3.63) is 58.0 Å². The molecule has 0 saturated carbocycles. The molecule has 0 aliphatic carbocycles. The second kappa shape index (κ2) is 8.38. The molecule has 33 heavy (non-hydrogen) atoms. The molecule has 4 aromatic rings. The van der Waals surface area contributed by atoms with E-state index < -0.39 is 5.76 Å². The van der Waals surface area contributed by atoms with Gasteiger partial charge in [0.05, 0.1) is 11.7 Å². The quantitative estimate of drug-likeness (QED) is 0.447. The van der Waals surface area contributed by atoms with E-state index >= 15 is 0 Å². The Bertz CT molecular complexity index is 1370.